The molecule has 2 aromatic carbocycles. The summed E-state index contributed by atoms with van der Waals surface area (Å²) < 4.78 is 32.2. The van der Waals surface area contributed by atoms with Crippen LogP contribution in [0.1, 0.15) is 49.2 Å². The zero-order valence-electron chi connectivity index (χ0n) is 26.5. The SMILES string of the molecule is CC(C)C(=O)OC1CC=C(n2cc(-c3ccc(NC(=O)c4c5n(n(-c6ccccc6)c4=O)CCOC5)cc3F)c3c(N)ncnc32)CC1. The van der Waals surface area contributed by atoms with Gasteiger partial charge in [0.25, 0.3) is 11.5 Å². The summed E-state index contributed by atoms with van der Waals surface area (Å²) in [6, 6.07) is 13.4. The van der Waals surface area contributed by atoms with Gasteiger partial charge in [-0.15, -0.1) is 0 Å². The number of hydrogen-bond acceptors (Lipinski definition) is 8. The molecule has 5 aromatic rings. The lowest BCUT2D eigenvalue weighted by Crippen LogP contribution is -2.26. The average Bonchev–Trinajstić information content (AvgIpc) is 3.61. The van der Waals surface area contributed by atoms with E-state index >= 15 is 4.39 Å². The minimum Gasteiger partial charge on any atom is -0.462 e. The molecule has 0 fully saturated rings. The largest absolute Gasteiger partial charge is 0.462 e. The number of hydrogen-bond donors (Lipinski definition) is 2. The Morgan fingerprint density at radius 2 is 1.94 bits per heavy atom. The second-order valence-electron chi connectivity index (χ2n) is 12.2. The molecule has 0 spiro atoms. The van der Waals surface area contributed by atoms with Gasteiger partial charge in [0.15, 0.2) is 0 Å². The number of benzene rings is 2. The van der Waals surface area contributed by atoms with Gasteiger partial charge in [0.1, 0.15) is 35.3 Å². The molecule has 246 valence electrons. The van der Waals surface area contributed by atoms with Crippen LogP contribution in [0.3, 0.4) is 0 Å². The molecule has 1 unspecified atom stereocenters. The third-order valence-corrected chi connectivity index (χ3v) is 8.69. The number of carbonyl (C=O) groups is 2. The standard InChI is InChI=1S/C35H34FN7O5/c1-20(2)35(46)48-24-11-9-22(10-12-24)41-17-26(29-31(37)38-19-39-32(29)41)25-13-8-21(16-27(25)36)40-33(44)30-28-18-47-15-14-42(28)43(34(30)45)23-6-4-3-5-7-23/h3-9,13,16-17,19-20,24H,10-12,14-15,18H2,1-2H3,(H,40,44)(H2,37,38,39). The van der Waals surface area contributed by atoms with Gasteiger partial charge in [-0.25, -0.2) is 19.0 Å². The van der Waals surface area contributed by atoms with Crippen molar-refractivity contribution in [2.75, 3.05) is 17.7 Å². The summed E-state index contributed by atoms with van der Waals surface area (Å²) in [5.74, 6) is -1.51. The number of para-hydroxylation sites is 1. The molecule has 1 aliphatic carbocycles. The van der Waals surface area contributed by atoms with Crippen LogP contribution in [0.4, 0.5) is 15.9 Å². The molecule has 3 aromatic heterocycles. The maximum Gasteiger partial charge on any atom is 0.308 e. The van der Waals surface area contributed by atoms with Crippen LogP contribution in [0.15, 0.2) is 71.9 Å². The highest BCUT2D eigenvalue weighted by atomic mass is 19.1. The second kappa shape index (κ2) is 12.6. The van der Waals surface area contributed by atoms with Crippen molar-refractivity contribution in [1.82, 2.24) is 23.9 Å². The lowest BCUT2D eigenvalue weighted by Gasteiger charge is -2.23. The quantitative estimate of drug-likeness (QED) is 0.230. The summed E-state index contributed by atoms with van der Waals surface area (Å²) in [4.78, 5) is 47.8. The van der Waals surface area contributed by atoms with Crippen LogP contribution in [0.25, 0.3) is 33.5 Å². The number of carbonyl (C=O) groups excluding carboxylic acids is 2. The van der Waals surface area contributed by atoms with E-state index in [0.717, 1.165) is 5.70 Å². The summed E-state index contributed by atoms with van der Waals surface area (Å²) in [5.41, 5.74) is 9.18. The molecule has 0 saturated carbocycles. The Kier molecular flexibility index (Phi) is 8.13. The Labute approximate surface area is 274 Å². The second-order valence-corrected chi connectivity index (χ2v) is 12.2. The maximum atomic E-state index is 15.9. The highest BCUT2D eigenvalue weighted by Crippen LogP contribution is 2.38. The first-order valence-electron chi connectivity index (χ1n) is 15.8. The van der Waals surface area contributed by atoms with Crippen molar-refractivity contribution in [2.24, 2.45) is 5.92 Å². The van der Waals surface area contributed by atoms with Gasteiger partial charge < -0.3 is 25.1 Å². The van der Waals surface area contributed by atoms with E-state index in [2.05, 4.69) is 15.3 Å². The van der Waals surface area contributed by atoms with Gasteiger partial charge in [-0.05, 0) is 43.2 Å². The lowest BCUT2D eigenvalue weighted by atomic mass is 10.0. The Balaban J connectivity index is 1.19. The Hall–Kier alpha value is -5.56. The smallest absolute Gasteiger partial charge is 0.308 e. The molecule has 12 nitrogen and oxygen atoms in total. The molecule has 1 atom stereocenters. The van der Waals surface area contributed by atoms with Gasteiger partial charge in [0, 0.05) is 35.1 Å². The highest BCUT2D eigenvalue weighted by molar-refractivity contribution is 6.06. The number of ether oxygens (including phenoxy) is 2. The first-order valence-corrected chi connectivity index (χ1v) is 15.8. The first-order chi connectivity index (χ1) is 23.2. The third kappa shape index (κ3) is 5.55. The lowest BCUT2D eigenvalue weighted by molar-refractivity contribution is -0.153. The molecule has 3 N–H and O–H groups in total. The third-order valence-electron chi connectivity index (χ3n) is 8.69. The van der Waals surface area contributed by atoms with Crippen molar-refractivity contribution in [3.05, 3.63) is 94.6 Å². The van der Waals surface area contributed by atoms with E-state index < -0.39 is 17.3 Å². The number of amides is 1. The Morgan fingerprint density at radius 1 is 1.12 bits per heavy atom. The number of esters is 1. The summed E-state index contributed by atoms with van der Waals surface area (Å²) in [5, 5.41) is 3.19. The van der Waals surface area contributed by atoms with E-state index in [1.54, 1.807) is 49.0 Å². The molecule has 0 radical (unpaired) electrons. The van der Waals surface area contributed by atoms with Crippen molar-refractivity contribution in [3.63, 3.8) is 0 Å². The predicted octanol–water partition coefficient (Wildman–Crippen LogP) is 5.15. The molecule has 2 aliphatic rings. The van der Waals surface area contributed by atoms with Crippen LogP contribution >= 0.6 is 0 Å². The molecule has 0 saturated heterocycles. The molecule has 48 heavy (non-hydrogen) atoms. The molecule has 1 aliphatic heterocycles. The Bertz CT molecular complexity index is 2150. The average molecular weight is 652 g/mol. The molecule has 1 amide bonds. The fraction of sp³-hybridized carbons (Fsp3) is 0.286. The zero-order chi connectivity index (χ0) is 33.5. The zero-order valence-corrected chi connectivity index (χ0v) is 26.5. The van der Waals surface area contributed by atoms with Crippen molar-refractivity contribution in [3.8, 4) is 16.8 Å². The van der Waals surface area contributed by atoms with Crippen LogP contribution in [0, 0.1) is 11.7 Å². The number of fused-ring (bicyclic) bond motifs is 2. The number of nitrogens with one attached hydrogen (secondary N) is 1. The van der Waals surface area contributed by atoms with Crippen molar-refractivity contribution >= 4 is 40.1 Å². The molecular weight excluding hydrogens is 617 g/mol. The number of anilines is 2. The van der Waals surface area contributed by atoms with E-state index in [1.165, 1.54) is 17.1 Å². The topological polar surface area (TPSA) is 148 Å². The minimum atomic E-state index is -0.660. The van der Waals surface area contributed by atoms with Crippen LogP contribution in [-0.2, 0) is 27.4 Å². The molecule has 4 heterocycles. The van der Waals surface area contributed by atoms with Gasteiger partial charge in [-0.3, -0.25) is 19.1 Å². The predicted molar refractivity (Wildman–Crippen MR) is 178 cm³/mol. The van der Waals surface area contributed by atoms with Gasteiger partial charge in [-0.1, -0.05) is 38.1 Å². The molecular formula is C35H34FN7O5. The van der Waals surface area contributed by atoms with Gasteiger partial charge in [0.05, 0.1) is 42.4 Å². The summed E-state index contributed by atoms with van der Waals surface area (Å²) in [6.07, 6.45) is 6.71. The Morgan fingerprint density at radius 3 is 2.67 bits per heavy atom. The van der Waals surface area contributed by atoms with E-state index in [1.807, 2.05) is 28.8 Å². The normalized spacial score (nSPS) is 16.1. The monoisotopic (exact) mass is 651 g/mol. The number of nitrogens with two attached hydrogens (primary N) is 1. The number of rotatable bonds is 7. The van der Waals surface area contributed by atoms with E-state index in [0.29, 0.717) is 60.4 Å². The molecule has 0 bridgehead atoms. The molecule has 13 heteroatoms. The number of nitrogens with zero attached hydrogens (tertiary/aromatic N) is 5. The number of nitrogen functional groups attached to an aromatic ring is 1. The summed E-state index contributed by atoms with van der Waals surface area (Å²) in [6.45, 7) is 4.51. The van der Waals surface area contributed by atoms with E-state index in [4.69, 9.17) is 15.2 Å². The number of aromatic nitrogens is 5. The van der Waals surface area contributed by atoms with Crippen molar-refractivity contribution < 1.29 is 23.5 Å². The maximum absolute atomic E-state index is 15.9. The fourth-order valence-corrected chi connectivity index (χ4v) is 6.28. The highest BCUT2D eigenvalue weighted by Gasteiger charge is 2.29. The minimum absolute atomic E-state index is 0.0574. The number of allylic oxidation sites excluding steroid dienone is 1. The van der Waals surface area contributed by atoms with E-state index in [-0.39, 0.29) is 47.2 Å². The van der Waals surface area contributed by atoms with Crippen LogP contribution < -0.4 is 16.6 Å². The van der Waals surface area contributed by atoms with Crippen molar-refractivity contribution in [1.29, 1.82) is 0 Å². The van der Waals surface area contributed by atoms with Crippen LogP contribution in [0.5, 0.6) is 0 Å². The van der Waals surface area contributed by atoms with Crippen molar-refractivity contribution in [2.45, 2.75) is 52.4 Å². The first kappa shape index (κ1) is 31.1. The summed E-state index contributed by atoms with van der Waals surface area (Å²) in [7, 11) is 0. The molecule has 7 rings (SSSR count). The fourth-order valence-electron chi connectivity index (χ4n) is 6.28. The van der Waals surface area contributed by atoms with Gasteiger partial charge in [-0.2, -0.15) is 0 Å². The summed E-state index contributed by atoms with van der Waals surface area (Å²) >= 11 is 0. The van der Waals surface area contributed by atoms with E-state index in [9.17, 15) is 14.4 Å². The van der Waals surface area contributed by atoms with Gasteiger partial charge in [0.2, 0.25) is 0 Å². The van der Waals surface area contributed by atoms with Crippen LogP contribution in [0.2, 0.25) is 0 Å². The number of halogens is 1. The van der Waals surface area contributed by atoms with Gasteiger partial charge >= 0.3 is 5.97 Å². The van der Waals surface area contributed by atoms with Crippen LogP contribution in [-0.4, -0.2) is 48.5 Å².